The molecule has 0 aromatic heterocycles. The van der Waals surface area contributed by atoms with Crippen LogP contribution in [0.25, 0.3) is 6.08 Å². The van der Waals surface area contributed by atoms with Gasteiger partial charge in [-0.1, -0.05) is 18.1 Å². The monoisotopic (exact) mass is 378 g/mol. The molecule has 0 aliphatic carbocycles. The number of benzene rings is 2. The Hall–Kier alpha value is -3.72. The van der Waals surface area contributed by atoms with E-state index in [1.165, 1.54) is 6.08 Å². The maximum atomic E-state index is 11.9. The van der Waals surface area contributed by atoms with Gasteiger partial charge in [0.25, 0.3) is 0 Å². The maximum absolute atomic E-state index is 11.9. The fourth-order valence-electron chi connectivity index (χ4n) is 2.35. The smallest absolute Gasteiger partial charge is 0.244 e. The van der Waals surface area contributed by atoms with E-state index in [-0.39, 0.29) is 18.4 Å². The number of carbonyl (C=O) groups excluding carboxylic acids is 2. The van der Waals surface area contributed by atoms with Crippen LogP contribution in [-0.2, 0) is 9.59 Å². The van der Waals surface area contributed by atoms with E-state index in [9.17, 15) is 9.59 Å². The number of ether oxygens (including phenoxy) is 2. The molecule has 2 aromatic rings. The van der Waals surface area contributed by atoms with Gasteiger partial charge < -0.3 is 20.1 Å². The number of anilines is 1. The van der Waals surface area contributed by atoms with Crippen molar-refractivity contribution in [2.24, 2.45) is 0 Å². The van der Waals surface area contributed by atoms with Crippen molar-refractivity contribution in [2.75, 3.05) is 25.6 Å². The van der Waals surface area contributed by atoms with Crippen LogP contribution < -0.4 is 20.1 Å². The number of rotatable bonds is 8. The van der Waals surface area contributed by atoms with E-state index in [1.54, 1.807) is 49.6 Å². The molecule has 2 N–H and O–H groups in total. The molecule has 0 aliphatic rings. The van der Waals surface area contributed by atoms with Crippen molar-refractivity contribution in [3.05, 3.63) is 59.7 Å². The molecule has 6 nitrogen and oxygen atoms in total. The number of hydrogen-bond donors (Lipinski definition) is 2. The van der Waals surface area contributed by atoms with Crippen LogP contribution >= 0.6 is 0 Å². The van der Waals surface area contributed by atoms with Crippen molar-refractivity contribution in [1.29, 1.82) is 0 Å². The van der Waals surface area contributed by atoms with Gasteiger partial charge in [0.15, 0.2) is 11.5 Å². The summed E-state index contributed by atoms with van der Waals surface area (Å²) in [6, 6.07) is 12.3. The van der Waals surface area contributed by atoms with E-state index < -0.39 is 0 Å². The molecule has 0 unspecified atom stereocenters. The average molecular weight is 378 g/mol. The highest BCUT2D eigenvalue weighted by molar-refractivity contribution is 5.98. The van der Waals surface area contributed by atoms with Crippen LogP contribution in [0.5, 0.6) is 11.5 Å². The van der Waals surface area contributed by atoms with Gasteiger partial charge in [-0.3, -0.25) is 9.59 Å². The van der Waals surface area contributed by atoms with Gasteiger partial charge in [-0.25, -0.2) is 0 Å². The average Bonchev–Trinajstić information content (AvgIpc) is 2.71. The van der Waals surface area contributed by atoms with E-state index >= 15 is 0 Å². The predicted molar refractivity (Wildman–Crippen MR) is 109 cm³/mol. The second kappa shape index (κ2) is 10.4. The topological polar surface area (TPSA) is 76.7 Å². The first-order valence-electron chi connectivity index (χ1n) is 8.69. The van der Waals surface area contributed by atoms with Crippen LogP contribution in [0.1, 0.15) is 18.1 Å². The quantitative estimate of drug-likeness (QED) is 0.547. The minimum absolute atomic E-state index is 0.157. The van der Waals surface area contributed by atoms with Crippen LogP contribution in [0.4, 0.5) is 5.69 Å². The first-order valence-corrected chi connectivity index (χ1v) is 8.69. The zero-order valence-corrected chi connectivity index (χ0v) is 15.8. The van der Waals surface area contributed by atoms with E-state index in [2.05, 4.69) is 16.6 Å². The molecule has 0 saturated heterocycles. The lowest BCUT2D eigenvalue weighted by Gasteiger charge is -2.09. The highest BCUT2D eigenvalue weighted by Gasteiger charge is 2.06. The zero-order chi connectivity index (χ0) is 20.4. The minimum atomic E-state index is -0.389. The lowest BCUT2D eigenvalue weighted by Crippen LogP contribution is -2.31. The third-order valence-electron chi connectivity index (χ3n) is 3.65. The number of methoxy groups -OCH3 is 1. The van der Waals surface area contributed by atoms with Gasteiger partial charge in [-0.2, -0.15) is 0 Å². The molecule has 28 heavy (non-hydrogen) atoms. The number of nitrogens with one attached hydrogen (secondary N) is 2. The number of carbonyl (C=O) groups is 2. The third kappa shape index (κ3) is 6.22. The molecular formula is C22H22N2O4. The minimum Gasteiger partial charge on any atom is -0.493 e. The van der Waals surface area contributed by atoms with Crippen LogP contribution in [-0.4, -0.2) is 32.1 Å². The Bertz CT molecular complexity index is 913. The summed E-state index contributed by atoms with van der Waals surface area (Å²) in [6.45, 7) is 2.26. The fourth-order valence-corrected chi connectivity index (χ4v) is 2.35. The van der Waals surface area contributed by atoms with Crippen molar-refractivity contribution >= 4 is 23.6 Å². The summed E-state index contributed by atoms with van der Waals surface area (Å²) in [7, 11) is 1.55. The van der Waals surface area contributed by atoms with Crippen LogP contribution in [0.2, 0.25) is 0 Å². The van der Waals surface area contributed by atoms with Crippen molar-refractivity contribution < 1.29 is 19.1 Å². The first-order chi connectivity index (χ1) is 13.5. The number of hydrogen-bond acceptors (Lipinski definition) is 4. The molecule has 0 radical (unpaired) electrons. The third-order valence-corrected chi connectivity index (χ3v) is 3.65. The summed E-state index contributed by atoms with van der Waals surface area (Å²) in [4.78, 5) is 23.9. The Kier molecular flexibility index (Phi) is 7.67. The predicted octanol–water partition coefficient (Wildman–Crippen LogP) is 2.84. The molecular weight excluding hydrogens is 356 g/mol. The molecule has 0 heterocycles. The largest absolute Gasteiger partial charge is 0.493 e. The van der Waals surface area contributed by atoms with E-state index in [4.69, 9.17) is 15.9 Å². The molecule has 0 saturated carbocycles. The van der Waals surface area contributed by atoms with Crippen LogP contribution in [0.3, 0.4) is 0 Å². The first kappa shape index (κ1) is 20.6. The molecule has 6 heteroatoms. The van der Waals surface area contributed by atoms with Gasteiger partial charge in [0.1, 0.15) is 0 Å². The Morgan fingerprint density at radius 2 is 2.00 bits per heavy atom. The normalized spacial score (nSPS) is 10.2. The molecule has 2 rings (SSSR count). The van der Waals surface area contributed by atoms with Gasteiger partial charge in [0.2, 0.25) is 11.8 Å². The fraction of sp³-hybridized carbons (Fsp3) is 0.182. The second-order valence-corrected chi connectivity index (χ2v) is 5.67. The standard InChI is InChI=1S/C22H22N2O4/c1-4-16-7-6-8-18(13-16)24-22(26)15-23-21(25)12-10-17-9-11-19(28-5-2)20(14-17)27-3/h1,6-14H,5,15H2,2-3H3,(H,23,25)(H,24,26)/b12-10+. The van der Waals surface area contributed by atoms with E-state index in [1.807, 2.05) is 13.0 Å². The molecule has 0 aliphatic heterocycles. The summed E-state index contributed by atoms with van der Waals surface area (Å²) < 4.78 is 10.7. The lowest BCUT2D eigenvalue weighted by atomic mass is 10.2. The van der Waals surface area contributed by atoms with Crippen molar-refractivity contribution in [3.63, 3.8) is 0 Å². The summed E-state index contributed by atoms with van der Waals surface area (Å²) in [5.74, 6) is 2.98. The summed E-state index contributed by atoms with van der Waals surface area (Å²) in [5.41, 5.74) is 2.01. The Morgan fingerprint density at radius 1 is 1.18 bits per heavy atom. The molecule has 0 fully saturated rings. The van der Waals surface area contributed by atoms with Crippen LogP contribution in [0.15, 0.2) is 48.5 Å². The van der Waals surface area contributed by atoms with E-state index in [0.717, 1.165) is 5.56 Å². The van der Waals surface area contributed by atoms with Gasteiger partial charge in [-0.05, 0) is 48.9 Å². The van der Waals surface area contributed by atoms with Crippen LogP contribution in [0, 0.1) is 12.3 Å². The molecule has 2 aromatic carbocycles. The SMILES string of the molecule is C#Cc1cccc(NC(=O)CNC(=O)/C=C/c2ccc(OCC)c(OC)c2)c1. The van der Waals surface area contributed by atoms with Crippen molar-refractivity contribution in [1.82, 2.24) is 5.32 Å². The summed E-state index contributed by atoms with van der Waals surface area (Å²) >= 11 is 0. The van der Waals surface area contributed by atoms with Crippen molar-refractivity contribution in [3.8, 4) is 23.8 Å². The molecule has 0 bridgehead atoms. The zero-order valence-electron chi connectivity index (χ0n) is 15.8. The molecule has 0 atom stereocenters. The lowest BCUT2D eigenvalue weighted by molar-refractivity contribution is -0.121. The summed E-state index contributed by atoms with van der Waals surface area (Å²) in [6.07, 6.45) is 8.30. The van der Waals surface area contributed by atoms with E-state index in [0.29, 0.717) is 29.4 Å². The van der Waals surface area contributed by atoms with Gasteiger partial charge in [-0.15, -0.1) is 6.42 Å². The number of terminal acetylenes is 1. The Morgan fingerprint density at radius 3 is 2.71 bits per heavy atom. The Balaban J connectivity index is 1.87. The van der Waals surface area contributed by atoms with Gasteiger partial charge in [0.05, 0.1) is 20.3 Å². The maximum Gasteiger partial charge on any atom is 0.244 e. The highest BCUT2D eigenvalue weighted by Crippen LogP contribution is 2.28. The van der Waals surface area contributed by atoms with Gasteiger partial charge in [0, 0.05) is 17.3 Å². The molecule has 0 spiro atoms. The highest BCUT2D eigenvalue weighted by atomic mass is 16.5. The van der Waals surface area contributed by atoms with Gasteiger partial charge >= 0.3 is 0 Å². The number of amides is 2. The Labute approximate surface area is 164 Å². The summed E-state index contributed by atoms with van der Waals surface area (Å²) in [5, 5.41) is 5.20. The van der Waals surface area contributed by atoms with Crippen molar-refractivity contribution in [2.45, 2.75) is 6.92 Å². The second-order valence-electron chi connectivity index (χ2n) is 5.67. The molecule has 144 valence electrons. The molecule has 2 amide bonds.